The van der Waals surface area contributed by atoms with Gasteiger partial charge in [0, 0.05) is 273 Å². The number of nitrogens with zero attached hydrogens (tertiary/aromatic N) is 7. The lowest BCUT2D eigenvalue weighted by molar-refractivity contribution is 0.652. The molecule has 0 unspecified atom stereocenters. The van der Waals surface area contributed by atoms with Crippen LogP contribution in [0.3, 0.4) is 0 Å². The molecule has 13 nitrogen and oxygen atoms in total. The number of nitrogens with one attached hydrogen (secondary N) is 1. The van der Waals surface area contributed by atoms with Gasteiger partial charge in [-0.15, -0.1) is 0 Å². The van der Waals surface area contributed by atoms with Gasteiger partial charge in [-0.2, -0.15) is 18.5 Å². The first-order valence-electron chi connectivity index (χ1n) is 34.8. The van der Waals surface area contributed by atoms with Gasteiger partial charge >= 0.3 is 0 Å². The molecule has 31 heteroatoms. The van der Waals surface area contributed by atoms with Gasteiger partial charge in [0.15, 0.2) is 0 Å². The number of hydrogen-bond acceptors (Lipinski definition) is 15. The number of aromatic nitrogens is 5. The fourth-order valence-corrected chi connectivity index (χ4v) is 44.5. The normalized spacial score (nSPS) is 10.9. The lowest BCUT2D eigenvalue weighted by Crippen LogP contribution is -2.11. The van der Waals surface area contributed by atoms with Gasteiger partial charge in [-0.05, 0) is 212 Å². The van der Waals surface area contributed by atoms with Crippen molar-refractivity contribution in [1.82, 2.24) is 24.9 Å². The van der Waals surface area contributed by atoms with E-state index in [9.17, 15) is 0 Å². The Kier molecular flexibility index (Phi) is 26.5. The van der Waals surface area contributed by atoms with E-state index < -0.39 is 0 Å². The standard InChI is InChI=1S/C53H31N5O3.C21H14N2O.C11H5Br2NO.CH4.S15.H2S/c1-3-9-34-27-36(15-13-32(34)7-1)57(38-17-20-41-44-11-5-25-54-51(44)59-47(41)29-38)39-18-21-43-46-23-24-50(56-53(46)61-49(43)30-39)58(37-16-14-33-8-2-4-10-35(33)28-37)40-19-22-42-45-12-6-26-55-52(45)60-48(42)31-40;1-2-5-15-12-16(8-7-14(15)4-1)23-17-9-10-18-19-6-3-11-22-21(19)24-20(18)13-17;12-6-1-2-7-8-3-4-10(13)14-11(8)15-9(7)5-6;;1-3-5-7-9-11-13-15-14-12-10-8-6-4-2;/h1-31H;1-13,23H;1-5H;1H4;;1H2. The number of fused-ring (bicyclic) bond motifs is 18. The number of anilines is 8. The van der Waals surface area contributed by atoms with Gasteiger partial charge in [0.25, 0.3) is 0 Å². The van der Waals surface area contributed by atoms with E-state index in [1.165, 1.54) is 33.9 Å². The fraction of sp³-hybridized carbons (Fsp3) is 0.0116. The van der Waals surface area contributed by atoms with E-state index in [2.05, 4.69) is 273 Å². The van der Waals surface area contributed by atoms with E-state index in [0.717, 1.165) is 147 Å². The van der Waals surface area contributed by atoms with E-state index in [4.69, 9.17) is 49.4 Å². The summed E-state index contributed by atoms with van der Waals surface area (Å²) in [6.07, 6.45) is 5.26. The monoisotopic (exact) mass is 1950 g/mol. The predicted octanol–water partition coefficient (Wildman–Crippen LogP) is 25.9. The zero-order valence-electron chi connectivity index (χ0n) is 59.3. The smallest absolute Gasteiger partial charge is 0.229 e. The van der Waals surface area contributed by atoms with Crippen molar-refractivity contribution in [3.63, 3.8) is 0 Å². The van der Waals surface area contributed by atoms with Gasteiger partial charge in [0.1, 0.15) is 38.3 Å². The first kappa shape index (κ1) is 81.7. The van der Waals surface area contributed by atoms with Crippen molar-refractivity contribution in [3.8, 4) is 0 Å². The van der Waals surface area contributed by atoms with Gasteiger partial charge in [-0.25, -0.2) is 19.9 Å². The third kappa shape index (κ3) is 18.1. The number of rotatable bonds is 8. The molecular formula is C86H56Br2N8O5S16. The maximum Gasteiger partial charge on any atom is 0.229 e. The third-order valence-electron chi connectivity index (χ3n) is 18.6. The van der Waals surface area contributed by atoms with E-state index in [1.54, 1.807) is 116 Å². The topological polar surface area (TPSA) is 149 Å². The SMILES string of the molecule is Brc1ccc2c(c1)oc1nc(Br)ccc12.C.S.S=S=S=S=S=S=S=S=S=S=S=S=S=S=S.c1ccc2cc(N(c3ccc4c(c3)oc3ncccc34)c3ccc4c(c3)oc3nc(N(c5ccc6ccccc6c5)c5ccc6c(c5)oc5ncccc56)ccc34)ccc2c1.c1ccc2cc(Nc3ccc4c(c3)oc3ncccc34)ccc2c1. The molecule has 0 amide bonds. The minimum Gasteiger partial charge on any atom is -0.438 e. The second kappa shape index (κ2) is 37.9. The summed E-state index contributed by atoms with van der Waals surface area (Å²) in [7, 11) is 21.7. The van der Waals surface area contributed by atoms with Crippen molar-refractivity contribution in [3.05, 3.63) is 307 Å². The molecule has 1 N–H and O–H groups in total. The van der Waals surface area contributed by atoms with E-state index in [-0.39, 0.29) is 20.9 Å². The van der Waals surface area contributed by atoms with Crippen molar-refractivity contribution >= 4 is 371 Å². The van der Waals surface area contributed by atoms with Gasteiger partial charge in [-0.3, -0.25) is 4.90 Å². The lowest BCUT2D eigenvalue weighted by Gasteiger charge is -2.25. The molecule has 0 radical (unpaired) electrons. The van der Waals surface area contributed by atoms with Crippen molar-refractivity contribution in [2.24, 2.45) is 0 Å². The van der Waals surface area contributed by atoms with Crippen LogP contribution in [-0.2, 0) is 138 Å². The van der Waals surface area contributed by atoms with E-state index in [1.807, 2.05) is 72.8 Å². The molecule has 0 saturated heterocycles. The Labute approximate surface area is 738 Å². The number of halogens is 2. The number of hydrogen-bond donors (Lipinski definition) is 1. The minimum atomic E-state index is 0. The highest BCUT2D eigenvalue weighted by Crippen LogP contribution is 2.45. The number of benzene rings is 11. The van der Waals surface area contributed by atoms with Crippen LogP contribution < -0.4 is 15.1 Å². The summed E-state index contributed by atoms with van der Waals surface area (Å²) in [6.45, 7) is 0. The molecule has 580 valence electrons. The molecule has 0 spiro atoms. The Morgan fingerprint density at radius 3 is 1.10 bits per heavy atom. The quantitative estimate of drug-likeness (QED) is 0.144. The van der Waals surface area contributed by atoms with E-state index in [0.29, 0.717) is 34.4 Å². The number of pyridine rings is 5. The van der Waals surface area contributed by atoms with Crippen LogP contribution in [0.25, 0.3) is 143 Å². The minimum absolute atomic E-state index is 0. The summed E-state index contributed by atoms with van der Waals surface area (Å²) in [5.41, 5.74) is 13.8. The second-order valence-electron chi connectivity index (χ2n) is 25.3. The highest BCUT2D eigenvalue weighted by molar-refractivity contribution is 9.10. The van der Waals surface area contributed by atoms with Crippen molar-refractivity contribution in [1.29, 1.82) is 0 Å². The van der Waals surface area contributed by atoms with Crippen molar-refractivity contribution in [2.75, 3.05) is 15.1 Å². The Morgan fingerprint density at radius 2 is 0.615 bits per heavy atom. The molecule has 11 aromatic carbocycles. The molecule has 0 atom stereocenters. The van der Waals surface area contributed by atoms with Gasteiger partial charge in [0.05, 0.1) is 5.69 Å². The maximum absolute atomic E-state index is 6.72. The predicted molar refractivity (Wildman–Crippen MR) is 539 cm³/mol. The maximum atomic E-state index is 6.72. The molecule has 0 saturated carbocycles. The first-order chi connectivity index (χ1) is 56.7. The van der Waals surface area contributed by atoms with Crippen LogP contribution in [0.4, 0.5) is 45.6 Å². The Bertz CT molecular complexity index is 7760. The molecule has 21 aromatic rings. The van der Waals surface area contributed by atoms with Crippen LogP contribution in [-0.4, -0.2) is 24.9 Å². The summed E-state index contributed by atoms with van der Waals surface area (Å²) >= 11 is 16.2. The molecule has 21 rings (SSSR count). The average molecular weight is 1950 g/mol. The summed E-state index contributed by atoms with van der Waals surface area (Å²) in [6, 6.07) is 95.6. The molecule has 0 bridgehead atoms. The lowest BCUT2D eigenvalue weighted by atomic mass is 10.1. The molecule has 10 heterocycles. The Morgan fingerprint density at radius 1 is 0.282 bits per heavy atom. The van der Waals surface area contributed by atoms with E-state index >= 15 is 0 Å². The summed E-state index contributed by atoms with van der Waals surface area (Å²) < 4.78 is 32.5. The second-order valence-corrected chi connectivity index (χ2v) is 50.0. The fourth-order valence-electron chi connectivity index (χ4n) is 13.7. The van der Waals surface area contributed by atoms with Crippen LogP contribution >= 0.6 is 45.4 Å². The summed E-state index contributed by atoms with van der Waals surface area (Å²) in [5, 5.41) is 20.7. The average Bonchev–Trinajstić information content (AvgIpc) is 1.65. The Balaban J connectivity index is 0.000000148. The molecule has 0 aliphatic heterocycles. The third-order valence-corrected chi connectivity index (χ3v) is 46.2. The van der Waals surface area contributed by atoms with Crippen LogP contribution in [0, 0.1) is 0 Å². The van der Waals surface area contributed by atoms with Gasteiger partial charge in [-0.1, -0.05) is 114 Å². The van der Waals surface area contributed by atoms with Crippen LogP contribution in [0.15, 0.2) is 329 Å². The molecule has 0 aliphatic rings. The van der Waals surface area contributed by atoms with Gasteiger partial charge in [0.2, 0.25) is 28.6 Å². The van der Waals surface area contributed by atoms with Crippen LogP contribution in [0.2, 0.25) is 0 Å². The highest BCUT2D eigenvalue weighted by Gasteiger charge is 2.23. The van der Waals surface area contributed by atoms with Gasteiger partial charge < -0.3 is 32.3 Å². The molecular weight excluding hydrogens is 1900 g/mol. The first-order valence-corrected chi connectivity index (χ1v) is 55.0. The van der Waals surface area contributed by atoms with Crippen LogP contribution in [0.1, 0.15) is 7.43 Å². The highest BCUT2D eigenvalue weighted by atomic mass is 79.9. The molecule has 117 heavy (non-hydrogen) atoms. The molecule has 0 aliphatic carbocycles. The molecule has 10 aromatic heterocycles. The zero-order chi connectivity index (χ0) is 77.6. The van der Waals surface area contributed by atoms with Crippen molar-refractivity contribution < 1.29 is 22.1 Å². The largest absolute Gasteiger partial charge is 0.438 e. The zero-order valence-corrected chi connectivity index (χ0v) is 75.8. The van der Waals surface area contributed by atoms with Crippen molar-refractivity contribution in [2.45, 2.75) is 7.43 Å². The molecule has 0 fully saturated rings. The summed E-state index contributed by atoms with van der Waals surface area (Å²) in [4.78, 5) is 27.1. The number of furan rings is 5. The summed E-state index contributed by atoms with van der Waals surface area (Å²) in [5.74, 6) is 0.710. The Hall–Kier alpha value is -9.04. The van der Waals surface area contributed by atoms with Crippen LogP contribution in [0.5, 0.6) is 0 Å².